The van der Waals surface area contributed by atoms with E-state index >= 15 is 0 Å². The number of hydrogen-bond donors (Lipinski definition) is 0. The first-order valence-corrected chi connectivity index (χ1v) is 8.57. The van der Waals surface area contributed by atoms with Gasteiger partial charge in [-0.25, -0.2) is 8.42 Å². The Labute approximate surface area is 117 Å². The van der Waals surface area contributed by atoms with Gasteiger partial charge in [-0.3, -0.25) is 0 Å². The lowest BCUT2D eigenvalue weighted by Crippen LogP contribution is -2.49. The predicted molar refractivity (Wildman–Crippen MR) is 72.6 cm³/mol. The first kappa shape index (κ1) is 14.3. The quantitative estimate of drug-likeness (QED) is 0.805. The average Bonchev–Trinajstić information content (AvgIpc) is 2.81. The van der Waals surface area contributed by atoms with Gasteiger partial charge in [0.15, 0.2) is 0 Å². The Kier molecular flexibility index (Phi) is 4.33. The van der Waals surface area contributed by atoms with Crippen LogP contribution in [0.2, 0.25) is 0 Å². The van der Waals surface area contributed by atoms with E-state index in [0.29, 0.717) is 23.2 Å². The molecule has 0 N–H and O–H groups in total. The van der Waals surface area contributed by atoms with E-state index in [0.717, 1.165) is 5.56 Å². The molecule has 0 amide bonds. The van der Waals surface area contributed by atoms with Crippen LogP contribution in [-0.2, 0) is 20.6 Å². The first-order chi connectivity index (χ1) is 8.45. The molecule has 0 spiro atoms. The molecule has 1 aromatic heterocycles. The maximum atomic E-state index is 12.5. The third-order valence-electron chi connectivity index (χ3n) is 2.90. The smallest absolute Gasteiger partial charge is 0.252 e. The third kappa shape index (κ3) is 2.72. The second-order valence-corrected chi connectivity index (χ2v) is 7.77. The summed E-state index contributed by atoms with van der Waals surface area (Å²) in [4.78, 5) is 0. The highest BCUT2D eigenvalue weighted by molar-refractivity contribution is 7.91. The van der Waals surface area contributed by atoms with Gasteiger partial charge in [0.1, 0.15) is 4.21 Å². The van der Waals surface area contributed by atoms with Crippen molar-refractivity contribution in [3.05, 3.63) is 17.0 Å². The Morgan fingerprint density at radius 3 is 2.89 bits per heavy atom. The van der Waals surface area contributed by atoms with Crippen molar-refractivity contribution in [1.82, 2.24) is 4.31 Å². The van der Waals surface area contributed by atoms with E-state index < -0.39 is 10.0 Å². The summed E-state index contributed by atoms with van der Waals surface area (Å²) in [5, 5.41) is 1.79. The zero-order valence-electron chi connectivity index (χ0n) is 10.3. The number of thiophene rings is 1. The van der Waals surface area contributed by atoms with E-state index in [9.17, 15) is 8.42 Å². The highest BCUT2D eigenvalue weighted by atomic mass is 35.5. The standard InChI is InChI=1S/C11H16ClNO3S2/c1-8-6-16-9(2)5-13(8)18(14,15)11-3-10(4-12)7-17-11/h3,7-9H,4-6H2,1-2H3. The van der Waals surface area contributed by atoms with Gasteiger partial charge in [-0.05, 0) is 30.9 Å². The molecule has 7 heteroatoms. The van der Waals surface area contributed by atoms with Crippen LogP contribution in [0.3, 0.4) is 0 Å². The molecule has 0 bridgehead atoms. The molecular weight excluding hydrogens is 294 g/mol. The fraction of sp³-hybridized carbons (Fsp3) is 0.636. The highest BCUT2D eigenvalue weighted by Gasteiger charge is 2.34. The van der Waals surface area contributed by atoms with Gasteiger partial charge < -0.3 is 4.74 Å². The Hall–Kier alpha value is -0.140. The van der Waals surface area contributed by atoms with Crippen LogP contribution in [-0.4, -0.2) is 38.0 Å². The fourth-order valence-corrected chi connectivity index (χ4v) is 5.16. The molecule has 2 heterocycles. The van der Waals surface area contributed by atoms with Gasteiger partial charge in [0.2, 0.25) is 0 Å². The van der Waals surface area contributed by atoms with Crippen molar-refractivity contribution in [3.8, 4) is 0 Å². The van der Waals surface area contributed by atoms with E-state index in [1.54, 1.807) is 11.4 Å². The summed E-state index contributed by atoms with van der Waals surface area (Å²) in [6.07, 6.45) is -0.0663. The van der Waals surface area contributed by atoms with Gasteiger partial charge in [-0.1, -0.05) is 0 Å². The van der Waals surface area contributed by atoms with Gasteiger partial charge in [0.25, 0.3) is 10.0 Å². The van der Waals surface area contributed by atoms with Crippen molar-refractivity contribution in [1.29, 1.82) is 0 Å². The summed E-state index contributed by atoms with van der Waals surface area (Å²) in [6.45, 7) is 4.58. The molecule has 0 aromatic carbocycles. The summed E-state index contributed by atoms with van der Waals surface area (Å²) in [7, 11) is -3.42. The lowest BCUT2D eigenvalue weighted by atomic mass is 10.2. The summed E-state index contributed by atoms with van der Waals surface area (Å²) in [5.74, 6) is 0.334. The van der Waals surface area contributed by atoms with Crippen LogP contribution in [0, 0.1) is 0 Å². The minimum Gasteiger partial charge on any atom is -0.375 e. The molecule has 1 aliphatic heterocycles. The summed E-state index contributed by atoms with van der Waals surface area (Å²) < 4.78 is 32.4. The van der Waals surface area contributed by atoms with E-state index in [2.05, 4.69) is 0 Å². The molecule has 2 atom stereocenters. The number of halogens is 1. The van der Waals surface area contributed by atoms with Crippen LogP contribution in [0.5, 0.6) is 0 Å². The summed E-state index contributed by atoms with van der Waals surface area (Å²) in [5.41, 5.74) is 0.842. The lowest BCUT2D eigenvalue weighted by molar-refractivity contribution is -0.0170. The molecule has 4 nitrogen and oxygen atoms in total. The Morgan fingerprint density at radius 1 is 1.56 bits per heavy atom. The van der Waals surface area contributed by atoms with Gasteiger partial charge in [-0.2, -0.15) is 4.31 Å². The van der Waals surface area contributed by atoms with Crippen LogP contribution in [0.25, 0.3) is 0 Å². The highest BCUT2D eigenvalue weighted by Crippen LogP contribution is 2.28. The predicted octanol–water partition coefficient (Wildman–Crippen LogP) is 2.28. The van der Waals surface area contributed by atoms with Crippen molar-refractivity contribution in [2.75, 3.05) is 13.2 Å². The molecule has 0 aliphatic carbocycles. The van der Waals surface area contributed by atoms with Crippen LogP contribution in [0.1, 0.15) is 19.4 Å². The minimum absolute atomic E-state index is 0.0663. The normalized spacial score (nSPS) is 26.4. The van der Waals surface area contributed by atoms with Crippen molar-refractivity contribution in [2.45, 2.75) is 36.1 Å². The lowest BCUT2D eigenvalue weighted by Gasteiger charge is -2.35. The van der Waals surface area contributed by atoms with E-state index in [-0.39, 0.29) is 12.1 Å². The Morgan fingerprint density at radius 2 is 2.28 bits per heavy atom. The molecular formula is C11H16ClNO3S2. The fourth-order valence-electron chi connectivity index (χ4n) is 1.88. The summed E-state index contributed by atoms with van der Waals surface area (Å²) in [6, 6.07) is 1.52. The number of rotatable bonds is 3. The molecule has 2 unspecified atom stereocenters. The van der Waals surface area contributed by atoms with Crippen molar-refractivity contribution >= 4 is 33.0 Å². The van der Waals surface area contributed by atoms with Gasteiger partial charge in [0.05, 0.1) is 12.7 Å². The van der Waals surface area contributed by atoms with E-state index in [1.807, 2.05) is 13.8 Å². The van der Waals surface area contributed by atoms with Crippen molar-refractivity contribution in [2.24, 2.45) is 0 Å². The molecule has 1 fully saturated rings. The maximum absolute atomic E-state index is 12.5. The molecule has 2 rings (SSSR count). The topological polar surface area (TPSA) is 46.6 Å². The zero-order valence-corrected chi connectivity index (χ0v) is 12.7. The molecule has 102 valence electrons. The van der Waals surface area contributed by atoms with Crippen LogP contribution in [0.15, 0.2) is 15.7 Å². The van der Waals surface area contributed by atoms with Crippen LogP contribution in [0.4, 0.5) is 0 Å². The average molecular weight is 310 g/mol. The first-order valence-electron chi connectivity index (χ1n) is 5.72. The number of morpholine rings is 1. The molecule has 1 aromatic rings. The maximum Gasteiger partial charge on any atom is 0.252 e. The van der Waals surface area contributed by atoms with Crippen LogP contribution >= 0.6 is 22.9 Å². The summed E-state index contributed by atoms with van der Waals surface area (Å²) >= 11 is 6.93. The molecule has 1 saturated heterocycles. The van der Waals surface area contributed by atoms with E-state index in [1.165, 1.54) is 15.6 Å². The van der Waals surface area contributed by atoms with Crippen molar-refractivity contribution in [3.63, 3.8) is 0 Å². The van der Waals surface area contributed by atoms with Gasteiger partial charge in [0, 0.05) is 18.5 Å². The SMILES string of the molecule is CC1CN(S(=O)(=O)c2cc(CCl)cs2)C(C)CO1. The minimum atomic E-state index is -3.42. The van der Waals surface area contributed by atoms with Crippen molar-refractivity contribution < 1.29 is 13.2 Å². The zero-order chi connectivity index (χ0) is 13.3. The number of alkyl halides is 1. The number of nitrogens with zero attached hydrogens (tertiary/aromatic N) is 1. The largest absolute Gasteiger partial charge is 0.375 e. The number of sulfonamides is 1. The monoisotopic (exact) mass is 309 g/mol. The Bertz CT molecular complexity index is 514. The Balaban J connectivity index is 2.29. The van der Waals surface area contributed by atoms with Gasteiger partial charge in [-0.15, -0.1) is 22.9 Å². The molecule has 0 radical (unpaired) electrons. The molecule has 1 aliphatic rings. The molecule has 0 saturated carbocycles. The molecule has 18 heavy (non-hydrogen) atoms. The van der Waals surface area contributed by atoms with Crippen LogP contribution < -0.4 is 0 Å². The third-order valence-corrected chi connectivity index (χ3v) is 6.65. The second kappa shape index (κ2) is 5.46. The number of ether oxygens (including phenoxy) is 1. The van der Waals surface area contributed by atoms with E-state index in [4.69, 9.17) is 16.3 Å². The number of hydrogen-bond acceptors (Lipinski definition) is 4. The second-order valence-electron chi connectivity index (χ2n) is 4.48. The van der Waals surface area contributed by atoms with Gasteiger partial charge >= 0.3 is 0 Å².